The number of nitrogens with zero attached hydrogens (tertiary/aromatic N) is 1. The van der Waals surface area contributed by atoms with Gasteiger partial charge in [-0.25, -0.2) is 4.79 Å². The number of carboxylic acids is 1. The van der Waals surface area contributed by atoms with Crippen LogP contribution in [0.25, 0.3) is 0 Å². The topological polar surface area (TPSA) is 99.1 Å². The molecule has 0 aromatic heterocycles. The van der Waals surface area contributed by atoms with Gasteiger partial charge in [0.25, 0.3) is 0 Å². The van der Waals surface area contributed by atoms with Gasteiger partial charge in [-0.15, -0.1) is 0 Å². The van der Waals surface area contributed by atoms with Crippen molar-refractivity contribution in [3.05, 3.63) is 122 Å². The molecule has 0 saturated heterocycles. The minimum atomic E-state index is -0.898. The number of quaternary nitrogens is 1. The van der Waals surface area contributed by atoms with Crippen LogP contribution in [0.2, 0.25) is 0 Å². The van der Waals surface area contributed by atoms with E-state index in [1.807, 2.05) is 33.3 Å². The van der Waals surface area contributed by atoms with Crippen molar-refractivity contribution in [1.29, 1.82) is 0 Å². The van der Waals surface area contributed by atoms with Gasteiger partial charge in [0.1, 0.15) is 6.61 Å². The summed E-state index contributed by atoms with van der Waals surface area (Å²) in [6.45, 7) is 4.44. The molecule has 0 aromatic rings. The van der Waals surface area contributed by atoms with Gasteiger partial charge in [-0.3, -0.25) is 9.59 Å². The second-order valence-electron chi connectivity index (χ2n) is 15.9. The second kappa shape index (κ2) is 42.4. The molecule has 61 heavy (non-hydrogen) atoms. The van der Waals surface area contributed by atoms with Gasteiger partial charge in [0, 0.05) is 19.3 Å². The number of hydrogen-bond donors (Lipinski definition) is 1. The van der Waals surface area contributed by atoms with Gasteiger partial charge in [0.05, 0.1) is 34.4 Å². The van der Waals surface area contributed by atoms with Gasteiger partial charge in [-0.05, 0) is 96.3 Å². The molecule has 0 rings (SSSR count). The quantitative estimate of drug-likeness (QED) is 0.0285. The third-order valence-corrected chi connectivity index (χ3v) is 9.36. The molecule has 0 aliphatic carbocycles. The van der Waals surface area contributed by atoms with E-state index in [4.69, 9.17) is 14.2 Å². The van der Waals surface area contributed by atoms with Crippen LogP contribution in [-0.4, -0.2) is 80.6 Å². The van der Waals surface area contributed by atoms with Crippen molar-refractivity contribution >= 4 is 17.9 Å². The van der Waals surface area contributed by atoms with Crippen LogP contribution in [0.5, 0.6) is 0 Å². The van der Waals surface area contributed by atoms with Crippen LogP contribution in [0, 0.1) is 0 Å². The summed E-state index contributed by atoms with van der Waals surface area (Å²) in [6.07, 6.45) is 59.8. The zero-order valence-electron chi connectivity index (χ0n) is 38.8. The Hall–Kier alpha value is -4.27. The predicted octanol–water partition coefficient (Wildman–Crippen LogP) is 13.0. The molecule has 342 valence electrons. The van der Waals surface area contributed by atoms with E-state index in [2.05, 4.69) is 123 Å². The highest BCUT2D eigenvalue weighted by Gasteiger charge is 2.31. The van der Waals surface area contributed by atoms with Gasteiger partial charge >= 0.3 is 17.9 Å². The summed E-state index contributed by atoms with van der Waals surface area (Å²) in [7, 11) is 5.47. The van der Waals surface area contributed by atoms with Crippen molar-refractivity contribution < 1.29 is 38.2 Å². The molecule has 0 amide bonds. The SMILES string of the molecule is CC/C=C/C/C=C/C/C=C/C/C=C/C/C=C/CCC(=O)OC(COCCC(C(=O)O)[N+](C)(C)C)COC(=O)CCCC/C=C/C/C=C/C/C=C/C/C=C/C/C=C/CCCCC. The lowest BCUT2D eigenvalue weighted by molar-refractivity contribution is -0.887. The van der Waals surface area contributed by atoms with E-state index >= 15 is 0 Å². The van der Waals surface area contributed by atoms with Gasteiger partial charge in [0.2, 0.25) is 0 Å². The number of carbonyl (C=O) groups is 3. The molecule has 0 bridgehead atoms. The van der Waals surface area contributed by atoms with Crippen LogP contribution in [0.3, 0.4) is 0 Å². The van der Waals surface area contributed by atoms with Crippen molar-refractivity contribution in [1.82, 2.24) is 0 Å². The number of rotatable bonds is 39. The highest BCUT2D eigenvalue weighted by molar-refractivity contribution is 5.72. The van der Waals surface area contributed by atoms with E-state index in [0.29, 0.717) is 19.3 Å². The molecule has 0 aliphatic heterocycles. The molecule has 0 aromatic carbocycles. The van der Waals surface area contributed by atoms with Crippen molar-refractivity contribution in [3.63, 3.8) is 0 Å². The number of esters is 2. The number of aliphatic carboxylic acids is 1. The molecular formula is C53H84NO7+. The minimum absolute atomic E-state index is 0.00834. The molecule has 0 radical (unpaired) electrons. The predicted molar refractivity (Wildman–Crippen MR) is 256 cm³/mol. The van der Waals surface area contributed by atoms with Crippen LogP contribution in [0.4, 0.5) is 0 Å². The molecule has 2 atom stereocenters. The number of allylic oxidation sites excluding steroid dienone is 20. The first-order chi connectivity index (χ1) is 29.6. The first-order valence-corrected chi connectivity index (χ1v) is 23.1. The Balaban J connectivity index is 4.53. The lowest BCUT2D eigenvalue weighted by Gasteiger charge is -2.31. The molecule has 0 heterocycles. The zero-order valence-corrected chi connectivity index (χ0v) is 38.8. The van der Waals surface area contributed by atoms with Crippen LogP contribution < -0.4 is 0 Å². The maximum absolute atomic E-state index is 12.7. The van der Waals surface area contributed by atoms with Crippen LogP contribution in [0.1, 0.15) is 142 Å². The highest BCUT2D eigenvalue weighted by Crippen LogP contribution is 2.11. The normalized spacial score (nSPS) is 14.0. The molecule has 0 fully saturated rings. The average molecular weight is 847 g/mol. The molecule has 0 aliphatic rings. The Bertz CT molecular complexity index is 1400. The third kappa shape index (κ3) is 40.9. The lowest BCUT2D eigenvalue weighted by Crippen LogP contribution is -2.50. The number of carboxylic acid groups (broad SMARTS) is 1. The fourth-order valence-electron chi connectivity index (χ4n) is 5.80. The molecule has 0 saturated carbocycles. The Morgan fingerprint density at radius 3 is 1.36 bits per heavy atom. The van der Waals surface area contributed by atoms with Crippen LogP contribution in [0.15, 0.2) is 122 Å². The Labute approximate surface area is 371 Å². The van der Waals surface area contributed by atoms with Gasteiger partial charge in [-0.1, -0.05) is 148 Å². The molecule has 8 heteroatoms. The number of carbonyl (C=O) groups excluding carboxylic acids is 2. The third-order valence-electron chi connectivity index (χ3n) is 9.36. The number of likely N-dealkylation sites (N-methyl/N-ethyl adjacent to an activating group) is 1. The van der Waals surface area contributed by atoms with Crippen molar-refractivity contribution in [2.45, 2.75) is 154 Å². The second-order valence-corrected chi connectivity index (χ2v) is 15.9. The van der Waals surface area contributed by atoms with Crippen molar-refractivity contribution in [2.24, 2.45) is 0 Å². The summed E-state index contributed by atoms with van der Waals surface area (Å²) < 4.78 is 17.1. The Kier molecular flexibility index (Phi) is 39.5. The van der Waals surface area contributed by atoms with Crippen LogP contribution >= 0.6 is 0 Å². The maximum Gasteiger partial charge on any atom is 0.362 e. The molecule has 1 N–H and O–H groups in total. The molecular weight excluding hydrogens is 763 g/mol. The summed E-state index contributed by atoms with van der Waals surface area (Å²) in [6, 6.07) is -0.642. The Morgan fingerprint density at radius 2 is 0.934 bits per heavy atom. The minimum Gasteiger partial charge on any atom is -0.477 e. The van der Waals surface area contributed by atoms with Crippen molar-refractivity contribution in [3.8, 4) is 0 Å². The number of hydrogen-bond acceptors (Lipinski definition) is 6. The smallest absolute Gasteiger partial charge is 0.362 e. The standard InChI is InChI=1S/C53H83NO7/c1-6-8-10-12-14-16-18-20-22-24-25-26-27-28-30-31-33-35-37-39-41-43-51(55)60-48-49(47-59-46-45-50(53(57)58)54(3,4)5)61-52(56)44-42-40-38-36-34-32-29-23-21-19-17-15-13-11-9-7-2/h9,11,14-17,20-23,25-26,28,30,32-35,38,40,49-50H,6-8,10,12-13,18-19,24,27,29,31,36-37,39,41-48H2,1-5H3/p+1/b11-9+,16-14+,17-15+,22-20+,23-21+,26-25+,30-28+,34-32+,35-33+,40-38+. The summed E-state index contributed by atoms with van der Waals surface area (Å²) in [4.78, 5) is 37.0. The first-order valence-electron chi connectivity index (χ1n) is 23.1. The lowest BCUT2D eigenvalue weighted by atomic mass is 10.1. The van der Waals surface area contributed by atoms with Crippen LogP contribution in [-0.2, 0) is 28.6 Å². The zero-order chi connectivity index (χ0) is 44.9. The summed E-state index contributed by atoms with van der Waals surface area (Å²) in [5.41, 5.74) is 0. The van der Waals surface area contributed by atoms with Gasteiger partial charge in [-0.2, -0.15) is 0 Å². The van der Waals surface area contributed by atoms with E-state index in [0.717, 1.165) is 70.6 Å². The van der Waals surface area contributed by atoms with Gasteiger partial charge < -0.3 is 23.8 Å². The monoisotopic (exact) mass is 847 g/mol. The number of unbranched alkanes of at least 4 members (excludes halogenated alkanes) is 5. The highest BCUT2D eigenvalue weighted by atomic mass is 16.6. The fraction of sp³-hybridized carbons (Fsp3) is 0.566. The summed E-state index contributed by atoms with van der Waals surface area (Å²) in [5.74, 6) is -1.65. The van der Waals surface area contributed by atoms with E-state index in [1.54, 1.807) is 0 Å². The van der Waals surface area contributed by atoms with Gasteiger partial charge in [0.15, 0.2) is 12.1 Å². The largest absolute Gasteiger partial charge is 0.477 e. The molecule has 0 spiro atoms. The molecule has 2 unspecified atom stereocenters. The summed E-state index contributed by atoms with van der Waals surface area (Å²) in [5, 5.41) is 9.63. The average Bonchev–Trinajstić information content (AvgIpc) is 3.22. The van der Waals surface area contributed by atoms with E-state index < -0.39 is 24.1 Å². The summed E-state index contributed by atoms with van der Waals surface area (Å²) >= 11 is 0. The first kappa shape index (κ1) is 56.7. The molecule has 8 nitrogen and oxygen atoms in total. The maximum atomic E-state index is 12.7. The van der Waals surface area contributed by atoms with E-state index in [-0.39, 0.29) is 43.1 Å². The van der Waals surface area contributed by atoms with E-state index in [1.165, 1.54) is 25.7 Å². The van der Waals surface area contributed by atoms with Crippen molar-refractivity contribution in [2.75, 3.05) is 41.0 Å². The Morgan fingerprint density at radius 1 is 0.508 bits per heavy atom. The number of ether oxygens (including phenoxy) is 3. The fourth-order valence-corrected chi connectivity index (χ4v) is 5.80. The van der Waals surface area contributed by atoms with E-state index in [9.17, 15) is 19.5 Å².